The molecule has 0 aromatic heterocycles. The lowest BCUT2D eigenvalue weighted by atomic mass is 9.57. The topological polar surface area (TPSA) is 9.23 Å². The summed E-state index contributed by atoms with van der Waals surface area (Å²) in [6.45, 7) is 3.57. The number of halogens is 3. The molecule has 0 aliphatic heterocycles. The highest BCUT2D eigenvalue weighted by molar-refractivity contribution is 5.42. The summed E-state index contributed by atoms with van der Waals surface area (Å²) in [5, 5.41) is 0. The largest absolute Gasteiger partial charge is 0.481 e. The van der Waals surface area contributed by atoms with E-state index in [9.17, 15) is 13.2 Å². The van der Waals surface area contributed by atoms with Crippen molar-refractivity contribution in [3.63, 3.8) is 0 Å². The third-order valence-corrected chi connectivity index (χ3v) is 7.23. The molecule has 0 saturated heterocycles. The monoisotopic (exact) mass is 396 g/mol. The third-order valence-electron chi connectivity index (χ3n) is 7.23. The summed E-state index contributed by atoms with van der Waals surface area (Å²) in [6.07, 6.45) is 8.84. The summed E-state index contributed by atoms with van der Waals surface area (Å²) in [5.41, 5.74) is 0.716. The van der Waals surface area contributed by atoms with Crippen LogP contribution in [0.15, 0.2) is 18.2 Å². The molecule has 28 heavy (non-hydrogen) atoms. The lowest BCUT2D eigenvalue weighted by Gasteiger charge is -2.47. The Labute approximate surface area is 168 Å². The lowest BCUT2D eigenvalue weighted by Crippen LogP contribution is -2.40. The van der Waals surface area contributed by atoms with Crippen molar-refractivity contribution in [2.75, 3.05) is 0 Å². The van der Waals surface area contributed by atoms with E-state index < -0.39 is 18.3 Å². The summed E-state index contributed by atoms with van der Waals surface area (Å²) in [5.74, 6) is 0.874. The molecule has 2 aliphatic rings. The van der Waals surface area contributed by atoms with Gasteiger partial charge < -0.3 is 4.74 Å². The van der Waals surface area contributed by atoms with E-state index in [2.05, 4.69) is 6.92 Å². The van der Waals surface area contributed by atoms with Crippen LogP contribution >= 0.6 is 0 Å². The lowest BCUT2D eigenvalue weighted by molar-refractivity contribution is 0.0177. The molecule has 2 aliphatic carbocycles. The predicted molar refractivity (Wildman–Crippen MR) is 108 cm³/mol. The quantitative estimate of drug-likeness (QED) is 0.459. The van der Waals surface area contributed by atoms with Crippen LogP contribution in [-0.2, 0) is 5.41 Å². The zero-order valence-electron chi connectivity index (χ0n) is 17.4. The van der Waals surface area contributed by atoms with Crippen molar-refractivity contribution in [1.82, 2.24) is 0 Å². The van der Waals surface area contributed by atoms with Crippen LogP contribution in [0.2, 0.25) is 0 Å². The van der Waals surface area contributed by atoms with Crippen molar-refractivity contribution in [2.24, 2.45) is 11.8 Å². The van der Waals surface area contributed by atoms with Gasteiger partial charge in [-0.3, -0.25) is 0 Å². The van der Waals surface area contributed by atoms with Crippen LogP contribution in [0.5, 0.6) is 5.75 Å². The van der Waals surface area contributed by atoms with Gasteiger partial charge in [-0.1, -0.05) is 64.0 Å². The van der Waals surface area contributed by atoms with E-state index in [1.165, 1.54) is 45.1 Å². The summed E-state index contributed by atoms with van der Waals surface area (Å²) in [7, 11) is 0. The first-order chi connectivity index (χ1) is 13.5. The maximum absolute atomic E-state index is 14.8. The molecule has 0 bridgehead atoms. The van der Waals surface area contributed by atoms with Gasteiger partial charge in [-0.2, -0.15) is 0 Å². The van der Waals surface area contributed by atoms with Crippen LogP contribution in [0.3, 0.4) is 0 Å². The normalized spacial score (nSPS) is 26.2. The average Bonchev–Trinajstić information content (AvgIpc) is 2.70. The van der Waals surface area contributed by atoms with Gasteiger partial charge in [0, 0.05) is 11.0 Å². The maximum Gasteiger partial charge on any atom is 0.274 e. The highest BCUT2D eigenvalue weighted by Crippen LogP contribution is 2.53. The number of alkyl halides is 2. The Bertz CT molecular complexity index is 616. The minimum Gasteiger partial charge on any atom is -0.481 e. The highest BCUT2D eigenvalue weighted by Gasteiger charge is 2.44. The van der Waals surface area contributed by atoms with Crippen molar-refractivity contribution in [2.45, 2.75) is 102 Å². The van der Waals surface area contributed by atoms with Gasteiger partial charge in [-0.05, 0) is 50.5 Å². The SMILES string of the molecule is CCCC1CCC(C2(c3cccc(F)c3OC(C)C(F)F)CCCCC2)CC1. The Kier molecular flexibility index (Phi) is 7.33. The molecule has 158 valence electrons. The number of ether oxygens (including phenoxy) is 1. The summed E-state index contributed by atoms with van der Waals surface area (Å²) in [6, 6.07) is 5.01. The number of benzene rings is 1. The second kappa shape index (κ2) is 9.54. The number of para-hydroxylation sites is 1. The highest BCUT2D eigenvalue weighted by atomic mass is 19.3. The van der Waals surface area contributed by atoms with E-state index in [1.807, 2.05) is 6.07 Å². The van der Waals surface area contributed by atoms with Crippen LogP contribution < -0.4 is 4.74 Å². The first-order valence-electron chi connectivity index (χ1n) is 11.2. The molecular formula is C24H35F3O. The standard InChI is InChI=1S/C24H35F3O/c1-3-8-18-11-13-19(14-12-18)24(15-5-4-6-16-24)20-9-7-10-21(25)22(20)28-17(2)23(26)27/h7,9-10,17-19,23H,3-6,8,11-16H2,1-2H3. The maximum atomic E-state index is 14.8. The molecule has 0 spiro atoms. The van der Waals surface area contributed by atoms with Crippen LogP contribution in [0, 0.1) is 17.7 Å². The van der Waals surface area contributed by atoms with Crippen LogP contribution in [0.1, 0.15) is 90.0 Å². The second-order valence-electron chi connectivity index (χ2n) is 9.00. The first-order valence-corrected chi connectivity index (χ1v) is 11.2. The number of rotatable bonds is 7. The molecule has 1 aromatic rings. The molecular weight excluding hydrogens is 361 g/mol. The van der Waals surface area contributed by atoms with E-state index >= 15 is 0 Å². The van der Waals surface area contributed by atoms with Crippen LogP contribution in [-0.4, -0.2) is 12.5 Å². The van der Waals surface area contributed by atoms with Gasteiger partial charge in [0.05, 0.1) is 0 Å². The molecule has 0 N–H and O–H groups in total. The smallest absolute Gasteiger partial charge is 0.274 e. The molecule has 1 aromatic carbocycles. The minimum absolute atomic E-state index is 0.0767. The fourth-order valence-electron chi connectivity index (χ4n) is 5.75. The molecule has 1 atom stereocenters. The van der Waals surface area contributed by atoms with Crippen molar-refractivity contribution in [3.8, 4) is 5.75 Å². The molecule has 0 heterocycles. The van der Waals surface area contributed by atoms with E-state index in [1.54, 1.807) is 6.07 Å². The van der Waals surface area contributed by atoms with Gasteiger partial charge in [0.2, 0.25) is 0 Å². The Hall–Kier alpha value is -1.19. The minimum atomic E-state index is -2.63. The third kappa shape index (κ3) is 4.52. The summed E-state index contributed by atoms with van der Waals surface area (Å²) < 4.78 is 46.6. The van der Waals surface area contributed by atoms with Crippen LogP contribution in [0.4, 0.5) is 13.2 Å². The van der Waals surface area contributed by atoms with Crippen molar-refractivity contribution in [3.05, 3.63) is 29.6 Å². The van der Waals surface area contributed by atoms with Crippen molar-refractivity contribution in [1.29, 1.82) is 0 Å². The zero-order valence-corrected chi connectivity index (χ0v) is 17.4. The molecule has 4 heteroatoms. The molecule has 0 radical (unpaired) electrons. The first kappa shape index (κ1) is 21.5. The van der Waals surface area contributed by atoms with Gasteiger partial charge in [-0.15, -0.1) is 0 Å². The average molecular weight is 397 g/mol. The number of hydrogen-bond donors (Lipinski definition) is 0. The zero-order chi connectivity index (χ0) is 20.1. The molecule has 0 amide bonds. The van der Waals surface area contributed by atoms with Gasteiger partial charge in [0.1, 0.15) is 0 Å². The van der Waals surface area contributed by atoms with Gasteiger partial charge >= 0.3 is 0 Å². The van der Waals surface area contributed by atoms with Crippen LogP contribution in [0.25, 0.3) is 0 Å². The van der Waals surface area contributed by atoms with E-state index in [-0.39, 0.29) is 11.2 Å². The molecule has 3 rings (SSSR count). The van der Waals surface area contributed by atoms with Crippen molar-refractivity contribution < 1.29 is 17.9 Å². The van der Waals surface area contributed by atoms with E-state index in [0.29, 0.717) is 5.92 Å². The van der Waals surface area contributed by atoms with E-state index in [0.717, 1.165) is 50.0 Å². The van der Waals surface area contributed by atoms with Crippen molar-refractivity contribution >= 4 is 0 Å². The second-order valence-corrected chi connectivity index (χ2v) is 9.00. The Morgan fingerprint density at radius 2 is 1.75 bits per heavy atom. The number of hydrogen-bond acceptors (Lipinski definition) is 1. The Balaban J connectivity index is 1.93. The fraction of sp³-hybridized carbons (Fsp3) is 0.750. The van der Waals surface area contributed by atoms with E-state index in [4.69, 9.17) is 4.74 Å². The Morgan fingerprint density at radius 3 is 2.36 bits per heavy atom. The molecule has 1 nitrogen and oxygen atoms in total. The van der Waals surface area contributed by atoms with Gasteiger partial charge in [-0.25, -0.2) is 13.2 Å². The predicted octanol–water partition coefficient (Wildman–Crippen LogP) is 7.67. The molecule has 2 fully saturated rings. The molecule has 2 saturated carbocycles. The molecule has 1 unspecified atom stereocenters. The Morgan fingerprint density at radius 1 is 1.07 bits per heavy atom. The summed E-state index contributed by atoms with van der Waals surface area (Å²) >= 11 is 0. The fourth-order valence-corrected chi connectivity index (χ4v) is 5.75. The summed E-state index contributed by atoms with van der Waals surface area (Å²) in [4.78, 5) is 0. The van der Waals surface area contributed by atoms with Gasteiger partial charge in [0.25, 0.3) is 6.43 Å². The van der Waals surface area contributed by atoms with Gasteiger partial charge in [0.15, 0.2) is 17.7 Å².